The topological polar surface area (TPSA) is 26.3 Å². The molecule has 0 spiro atoms. The van der Waals surface area contributed by atoms with Gasteiger partial charge in [0.2, 0.25) is 0 Å². The fourth-order valence-corrected chi connectivity index (χ4v) is 2.18. The van der Waals surface area contributed by atoms with Crippen LogP contribution in [-0.4, -0.2) is 24.4 Å². The molecule has 2 nitrogen and oxygen atoms in total. The van der Waals surface area contributed by atoms with E-state index in [-0.39, 0.29) is 5.78 Å². The van der Waals surface area contributed by atoms with Gasteiger partial charge in [0.05, 0.1) is 19.0 Å². The van der Waals surface area contributed by atoms with Gasteiger partial charge in [0.25, 0.3) is 0 Å². The molecule has 15 heavy (non-hydrogen) atoms. The number of fused-ring (bicyclic) bond motifs is 1. The van der Waals surface area contributed by atoms with Gasteiger partial charge >= 0.3 is 0 Å². The maximum absolute atomic E-state index is 11.7. The number of hydrogen-bond donors (Lipinski definition) is 0. The van der Waals surface area contributed by atoms with Crippen molar-refractivity contribution in [1.29, 1.82) is 0 Å². The zero-order valence-corrected chi connectivity index (χ0v) is 9.60. The van der Waals surface area contributed by atoms with E-state index in [1.165, 1.54) is 11.1 Å². The lowest BCUT2D eigenvalue weighted by Crippen LogP contribution is -2.11. The smallest absolute Gasteiger partial charge is 0.172 e. The minimum Gasteiger partial charge on any atom is -0.376 e. The van der Waals surface area contributed by atoms with E-state index in [1.54, 1.807) is 11.8 Å². The van der Waals surface area contributed by atoms with Crippen LogP contribution in [0.5, 0.6) is 0 Å². The van der Waals surface area contributed by atoms with Crippen molar-refractivity contribution >= 4 is 17.5 Å². The summed E-state index contributed by atoms with van der Waals surface area (Å²) in [6.45, 7) is 1.46. The predicted octanol–water partition coefficient (Wildman–Crippen LogP) is 2.31. The number of carbonyl (C=O) groups excluding carboxylic acids is 1. The third-order valence-electron chi connectivity index (χ3n) is 2.58. The Morgan fingerprint density at radius 3 is 3.13 bits per heavy atom. The molecular formula is C12H14O2S. The number of Topliss-reactive ketones (excluding diaryl/α,β-unsaturated/α-hetero) is 1. The van der Waals surface area contributed by atoms with E-state index in [2.05, 4.69) is 0 Å². The van der Waals surface area contributed by atoms with Crippen LogP contribution in [0.1, 0.15) is 21.5 Å². The zero-order chi connectivity index (χ0) is 10.7. The van der Waals surface area contributed by atoms with Crippen LogP contribution in [0.15, 0.2) is 18.2 Å². The van der Waals surface area contributed by atoms with Crippen molar-refractivity contribution in [3.8, 4) is 0 Å². The molecule has 0 radical (unpaired) electrons. The van der Waals surface area contributed by atoms with E-state index >= 15 is 0 Å². The van der Waals surface area contributed by atoms with Crippen LogP contribution in [0.4, 0.5) is 0 Å². The average Bonchev–Trinajstić information content (AvgIpc) is 2.29. The molecule has 0 bridgehead atoms. The number of hydrogen-bond acceptors (Lipinski definition) is 3. The molecule has 0 saturated heterocycles. The molecule has 0 fully saturated rings. The highest BCUT2D eigenvalue weighted by Crippen LogP contribution is 2.19. The summed E-state index contributed by atoms with van der Waals surface area (Å²) < 4.78 is 5.35. The molecule has 0 amide bonds. The van der Waals surface area contributed by atoms with Crippen LogP contribution in [0.3, 0.4) is 0 Å². The Bertz CT molecular complexity index is 374. The quantitative estimate of drug-likeness (QED) is 0.734. The number of rotatable bonds is 3. The number of ether oxygens (including phenoxy) is 1. The van der Waals surface area contributed by atoms with Crippen LogP contribution in [0.25, 0.3) is 0 Å². The Morgan fingerprint density at radius 2 is 2.33 bits per heavy atom. The van der Waals surface area contributed by atoms with E-state index in [9.17, 15) is 4.79 Å². The van der Waals surface area contributed by atoms with Gasteiger partial charge in [-0.25, -0.2) is 0 Å². The first-order valence-corrected chi connectivity index (χ1v) is 6.42. The van der Waals surface area contributed by atoms with Gasteiger partial charge in [0.15, 0.2) is 5.78 Å². The Kier molecular flexibility index (Phi) is 3.44. The fourth-order valence-electron chi connectivity index (χ4n) is 1.75. The molecule has 1 heterocycles. The molecule has 0 unspecified atom stereocenters. The maximum Gasteiger partial charge on any atom is 0.172 e. The van der Waals surface area contributed by atoms with Crippen LogP contribution < -0.4 is 0 Å². The van der Waals surface area contributed by atoms with Crippen LogP contribution >= 0.6 is 11.8 Å². The molecular weight excluding hydrogens is 208 g/mol. The lowest BCUT2D eigenvalue weighted by Gasteiger charge is -2.16. The van der Waals surface area contributed by atoms with Gasteiger partial charge in [-0.2, -0.15) is 11.8 Å². The van der Waals surface area contributed by atoms with Crippen molar-refractivity contribution in [2.45, 2.75) is 13.0 Å². The van der Waals surface area contributed by atoms with E-state index < -0.39 is 0 Å². The number of ketones is 1. The van der Waals surface area contributed by atoms with Crippen molar-refractivity contribution in [2.24, 2.45) is 0 Å². The van der Waals surface area contributed by atoms with Gasteiger partial charge in [-0.05, 0) is 29.9 Å². The molecule has 2 rings (SSSR count). The molecule has 0 aromatic heterocycles. The Labute approximate surface area is 94.0 Å². The predicted molar refractivity (Wildman–Crippen MR) is 62.5 cm³/mol. The molecule has 0 atom stereocenters. The van der Waals surface area contributed by atoms with E-state index in [0.717, 1.165) is 18.6 Å². The summed E-state index contributed by atoms with van der Waals surface area (Å²) in [4.78, 5) is 11.7. The Morgan fingerprint density at radius 1 is 1.47 bits per heavy atom. The summed E-state index contributed by atoms with van der Waals surface area (Å²) in [5.41, 5.74) is 3.33. The monoisotopic (exact) mass is 222 g/mol. The molecule has 80 valence electrons. The first kappa shape index (κ1) is 10.7. The van der Waals surface area contributed by atoms with Gasteiger partial charge in [-0.1, -0.05) is 12.1 Å². The summed E-state index contributed by atoms with van der Waals surface area (Å²) in [5.74, 6) is 0.784. The lowest BCUT2D eigenvalue weighted by molar-refractivity contribution is 0.101. The standard InChI is InChI=1S/C12H14O2S/c1-15-8-12(13)10-2-3-11-7-14-5-4-9(11)6-10/h2-3,6H,4-5,7-8H2,1H3. The van der Waals surface area contributed by atoms with Crippen molar-refractivity contribution in [3.63, 3.8) is 0 Å². The van der Waals surface area contributed by atoms with Crippen LogP contribution in [0.2, 0.25) is 0 Å². The van der Waals surface area contributed by atoms with Gasteiger partial charge < -0.3 is 4.74 Å². The van der Waals surface area contributed by atoms with E-state index in [0.29, 0.717) is 12.4 Å². The number of carbonyl (C=O) groups is 1. The zero-order valence-electron chi connectivity index (χ0n) is 8.79. The van der Waals surface area contributed by atoms with Gasteiger partial charge in [-0.3, -0.25) is 4.79 Å². The lowest BCUT2D eigenvalue weighted by atomic mass is 9.99. The SMILES string of the molecule is CSCC(=O)c1ccc2c(c1)CCOC2. The Hall–Kier alpha value is -0.800. The minimum absolute atomic E-state index is 0.219. The molecule has 0 N–H and O–H groups in total. The highest BCUT2D eigenvalue weighted by Gasteiger charge is 2.12. The molecule has 1 aromatic rings. The largest absolute Gasteiger partial charge is 0.376 e. The maximum atomic E-state index is 11.7. The highest BCUT2D eigenvalue weighted by atomic mass is 32.2. The minimum atomic E-state index is 0.219. The first-order valence-electron chi connectivity index (χ1n) is 5.03. The third-order valence-corrected chi connectivity index (χ3v) is 3.13. The average molecular weight is 222 g/mol. The van der Waals surface area contributed by atoms with Crippen molar-refractivity contribution < 1.29 is 9.53 Å². The summed E-state index contributed by atoms with van der Waals surface area (Å²) in [7, 11) is 0. The van der Waals surface area contributed by atoms with E-state index in [1.807, 2.05) is 24.5 Å². The molecule has 1 aliphatic rings. The summed E-state index contributed by atoms with van der Waals surface area (Å²) in [6.07, 6.45) is 2.87. The highest BCUT2D eigenvalue weighted by molar-refractivity contribution is 7.99. The number of thioether (sulfide) groups is 1. The molecule has 1 aromatic carbocycles. The normalized spacial score (nSPS) is 14.7. The van der Waals surface area contributed by atoms with Crippen molar-refractivity contribution in [3.05, 3.63) is 34.9 Å². The van der Waals surface area contributed by atoms with Crippen LogP contribution in [-0.2, 0) is 17.8 Å². The van der Waals surface area contributed by atoms with E-state index in [4.69, 9.17) is 4.74 Å². The van der Waals surface area contributed by atoms with Gasteiger partial charge in [0, 0.05) is 5.56 Å². The summed E-state index contributed by atoms with van der Waals surface area (Å²) in [5, 5.41) is 0. The molecule has 3 heteroatoms. The number of benzene rings is 1. The van der Waals surface area contributed by atoms with Crippen molar-refractivity contribution in [2.75, 3.05) is 18.6 Å². The van der Waals surface area contributed by atoms with Gasteiger partial charge in [0.1, 0.15) is 0 Å². The molecule has 0 aliphatic carbocycles. The second-order valence-electron chi connectivity index (χ2n) is 3.64. The van der Waals surface area contributed by atoms with Crippen molar-refractivity contribution in [1.82, 2.24) is 0 Å². The third kappa shape index (κ3) is 2.41. The van der Waals surface area contributed by atoms with Crippen LogP contribution in [0, 0.1) is 0 Å². The summed E-state index contributed by atoms with van der Waals surface area (Å²) >= 11 is 1.57. The first-order chi connectivity index (χ1) is 7.31. The second kappa shape index (κ2) is 4.81. The molecule has 1 aliphatic heterocycles. The second-order valence-corrected chi connectivity index (χ2v) is 4.51. The Balaban J connectivity index is 2.24. The fraction of sp³-hybridized carbons (Fsp3) is 0.417. The summed E-state index contributed by atoms with van der Waals surface area (Å²) in [6, 6.07) is 5.95. The van der Waals surface area contributed by atoms with Gasteiger partial charge in [-0.15, -0.1) is 0 Å². The molecule has 0 saturated carbocycles.